The summed E-state index contributed by atoms with van der Waals surface area (Å²) in [6.45, 7) is 4.07. The fourth-order valence-electron chi connectivity index (χ4n) is 2.08. The van der Waals surface area contributed by atoms with E-state index in [0.717, 1.165) is 28.0 Å². The normalized spacial score (nSPS) is 11.0. The van der Waals surface area contributed by atoms with Crippen LogP contribution in [0.5, 0.6) is 0 Å². The molecule has 3 aromatic heterocycles. The topological polar surface area (TPSA) is 56.2 Å². The first-order valence-corrected chi connectivity index (χ1v) is 5.82. The molecular weight excluding hydrogens is 224 g/mol. The fraction of sp³-hybridized carbons (Fsp3) is 0.143. The molecule has 90 valence electrons. The third-order valence-corrected chi connectivity index (χ3v) is 3.10. The minimum atomic E-state index is 0.657. The van der Waals surface area contributed by atoms with E-state index in [4.69, 9.17) is 5.73 Å². The molecule has 3 rings (SSSR count). The highest BCUT2D eigenvalue weighted by Gasteiger charge is 2.13. The van der Waals surface area contributed by atoms with Crippen molar-refractivity contribution in [3.8, 4) is 11.3 Å². The quantitative estimate of drug-likeness (QED) is 0.709. The number of aryl methyl sites for hydroxylation is 2. The van der Waals surface area contributed by atoms with E-state index in [0.29, 0.717) is 5.82 Å². The number of nitrogens with zero attached hydrogens (tertiary/aromatic N) is 3. The zero-order valence-corrected chi connectivity index (χ0v) is 10.4. The monoisotopic (exact) mass is 238 g/mol. The number of hydrogen-bond acceptors (Lipinski definition) is 3. The van der Waals surface area contributed by atoms with Crippen LogP contribution in [0.2, 0.25) is 0 Å². The molecule has 0 saturated carbocycles. The summed E-state index contributed by atoms with van der Waals surface area (Å²) < 4.78 is 1.91. The Morgan fingerprint density at radius 1 is 1.17 bits per heavy atom. The molecule has 3 heterocycles. The van der Waals surface area contributed by atoms with Gasteiger partial charge < -0.3 is 5.73 Å². The van der Waals surface area contributed by atoms with Crippen LogP contribution >= 0.6 is 0 Å². The van der Waals surface area contributed by atoms with Crippen LogP contribution in [0.3, 0.4) is 0 Å². The molecule has 0 atom stereocenters. The largest absolute Gasteiger partial charge is 0.383 e. The highest BCUT2D eigenvalue weighted by molar-refractivity contribution is 5.76. The van der Waals surface area contributed by atoms with Gasteiger partial charge in [0.05, 0.1) is 0 Å². The van der Waals surface area contributed by atoms with Crippen LogP contribution < -0.4 is 5.73 Å². The van der Waals surface area contributed by atoms with Gasteiger partial charge in [-0.15, -0.1) is 0 Å². The molecule has 4 nitrogen and oxygen atoms in total. The van der Waals surface area contributed by atoms with Crippen LogP contribution in [-0.4, -0.2) is 14.4 Å². The lowest BCUT2D eigenvalue weighted by molar-refractivity contribution is 1.16. The summed E-state index contributed by atoms with van der Waals surface area (Å²) in [5.74, 6) is 0.657. The van der Waals surface area contributed by atoms with Crippen LogP contribution in [0.25, 0.3) is 16.9 Å². The SMILES string of the molecule is Cc1ccc2nc(-c3cnccc3C)c(N)n2c1. The van der Waals surface area contributed by atoms with Gasteiger partial charge in [-0.3, -0.25) is 9.38 Å². The van der Waals surface area contributed by atoms with Crippen molar-refractivity contribution in [2.45, 2.75) is 13.8 Å². The molecule has 0 bridgehead atoms. The number of anilines is 1. The Hall–Kier alpha value is -2.36. The highest BCUT2D eigenvalue weighted by Crippen LogP contribution is 2.28. The van der Waals surface area contributed by atoms with E-state index >= 15 is 0 Å². The Bertz CT molecular complexity index is 728. The standard InChI is InChI=1S/C14H14N4/c1-9-3-4-12-17-13(14(15)18(12)8-9)11-7-16-6-5-10(11)2/h3-8H,15H2,1-2H3. The number of pyridine rings is 2. The predicted octanol–water partition coefficient (Wildman–Crippen LogP) is 2.60. The molecule has 0 aromatic carbocycles. The number of hydrogen-bond donors (Lipinski definition) is 1. The van der Waals surface area contributed by atoms with Gasteiger partial charge >= 0.3 is 0 Å². The van der Waals surface area contributed by atoms with Crippen LogP contribution in [-0.2, 0) is 0 Å². The maximum absolute atomic E-state index is 6.18. The van der Waals surface area contributed by atoms with Gasteiger partial charge in [-0.1, -0.05) is 6.07 Å². The zero-order chi connectivity index (χ0) is 12.7. The van der Waals surface area contributed by atoms with Gasteiger partial charge in [-0.05, 0) is 37.1 Å². The minimum Gasteiger partial charge on any atom is -0.383 e. The Balaban J connectivity index is 2.31. The molecule has 0 radical (unpaired) electrons. The third-order valence-electron chi connectivity index (χ3n) is 3.10. The molecule has 0 amide bonds. The zero-order valence-electron chi connectivity index (χ0n) is 10.4. The van der Waals surface area contributed by atoms with Gasteiger partial charge in [0.15, 0.2) is 0 Å². The Morgan fingerprint density at radius 3 is 2.78 bits per heavy atom. The molecule has 0 aliphatic rings. The first-order valence-electron chi connectivity index (χ1n) is 5.82. The van der Waals surface area contributed by atoms with Gasteiger partial charge in [0.25, 0.3) is 0 Å². The van der Waals surface area contributed by atoms with Gasteiger partial charge in [-0.2, -0.15) is 0 Å². The summed E-state index contributed by atoms with van der Waals surface area (Å²) in [5, 5.41) is 0. The average molecular weight is 238 g/mol. The van der Waals surface area contributed by atoms with Crippen molar-refractivity contribution < 1.29 is 0 Å². The number of aromatic nitrogens is 3. The Morgan fingerprint density at radius 2 is 2.00 bits per heavy atom. The van der Waals surface area contributed by atoms with E-state index in [1.54, 1.807) is 12.4 Å². The molecule has 0 spiro atoms. The second-order valence-corrected chi connectivity index (χ2v) is 4.47. The summed E-state index contributed by atoms with van der Waals surface area (Å²) in [5.41, 5.74) is 11.1. The molecule has 0 fully saturated rings. The molecule has 3 aromatic rings. The van der Waals surface area contributed by atoms with Gasteiger partial charge in [0.1, 0.15) is 17.2 Å². The van der Waals surface area contributed by atoms with Crippen molar-refractivity contribution in [3.05, 3.63) is 47.9 Å². The lowest BCUT2D eigenvalue weighted by atomic mass is 10.1. The van der Waals surface area contributed by atoms with Crippen molar-refractivity contribution in [3.63, 3.8) is 0 Å². The first kappa shape index (κ1) is 10.8. The van der Waals surface area contributed by atoms with E-state index in [1.807, 2.05) is 42.6 Å². The van der Waals surface area contributed by atoms with Crippen LogP contribution in [0.1, 0.15) is 11.1 Å². The number of fused-ring (bicyclic) bond motifs is 1. The molecule has 0 unspecified atom stereocenters. The first-order chi connectivity index (χ1) is 8.66. The van der Waals surface area contributed by atoms with Gasteiger partial charge in [0.2, 0.25) is 0 Å². The molecular formula is C14H14N4. The summed E-state index contributed by atoms with van der Waals surface area (Å²) in [4.78, 5) is 8.73. The van der Waals surface area contributed by atoms with E-state index in [2.05, 4.69) is 9.97 Å². The maximum atomic E-state index is 6.18. The Labute approximate surface area is 105 Å². The molecule has 2 N–H and O–H groups in total. The molecule has 0 aliphatic carbocycles. The second-order valence-electron chi connectivity index (χ2n) is 4.47. The van der Waals surface area contributed by atoms with E-state index in [-0.39, 0.29) is 0 Å². The second kappa shape index (κ2) is 3.84. The van der Waals surface area contributed by atoms with Crippen LogP contribution in [0.15, 0.2) is 36.8 Å². The van der Waals surface area contributed by atoms with Crippen molar-refractivity contribution in [2.24, 2.45) is 0 Å². The molecule has 0 saturated heterocycles. The number of nitrogens with two attached hydrogens (primary N) is 1. The molecule has 0 aliphatic heterocycles. The maximum Gasteiger partial charge on any atom is 0.139 e. The molecule has 4 heteroatoms. The smallest absolute Gasteiger partial charge is 0.139 e. The van der Waals surface area contributed by atoms with Crippen molar-refractivity contribution in [2.75, 3.05) is 5.73 Å². The average Bonchev–Trinajstić information content (AvgIpc) is 2.68. The lowest BCUT2D eigenvalue weighted by Crippen LogP contribution is -1.95. The summed E-state index contributed by atoms with van der Waals surface area (Å²) in [6, 6.07) is 5.96. The molecule has 18 heavy (non-hydrogen) atoms. The summed E-state index contributed by atoms with van der Waals surface area (Å²) in [7, 11) is 0. The number of rotatable bonds is 1. The number of imidazole rings is 1. The van der Waals surface area contributed by atoms with E-state index < -0.39 is 0 Å². The summed E-state index contributed by atoms with van der Waals surface area (Å²) >= 11 is 0. The predicted molar refractivity (Wildman–Crippen MR) is 72.3 cm³/mol. The lowest BCUT2D eigenvalue weighted by Gasteiger charge is -2.02. The van der Waals surface area contributed by atoms with Gasteiger partial charge in [0, 0.05) is 24.2 Å². The third kappa shape index (κ3) is 1.54. The van der Waals surface area contributed by atoms with Crippen LogP contribution in [0.4, 0.5) is 5.82 Å². The fourth-order valence-corrected chi connectivity index (χ4v) is 2.08. The Kier molecular flexibility index (Phi) is 2.30. The highest BCUT2D eigenvalue weighted by atomic mass is 15.1. The van der Waals surface area contributed by atoms with E-state index in [1.165, 1.54) is 0 Å². The number of nitrogen functional groups attached to an aromatic ring is 1. The summed E-state index contributed by atoms with van der Waals surface area (Å²) in [6.07, 6.45) is 5.57. The van der Waals surface area contributed by atoms with E-state index in [9.17, 15) is 0 Å². The van der Waals surface area contributed by atoms with Crippen molar-refractivity contribution in [1.29, 1.82) is 0 Å². The van der Waals surface area contributed by atoms with Crippen LogP contribution in [0, 0.1) is 13.8 Å². The van der Waals surface area contributed by atoms with Crippen molar-refractivity contribution >= 4 is 11.5 Å². The van der Waals surface area contributed by atoms with Crippen molar-refractivity contribution in [1.82, 2.24) is 14.4 Å². The minimum absolute atomic E-state index is 0.657. The van der Waals surface area contributed by atoms with Gasteiger partial charge in [-0.25, -0.2) is 4.98 Å².